The van der Waals surface area contributed by atoms with Gasteiger partial charge in [0.2, 0.25) is 5.91 Å². The molecule has 0 saturated carbocycles. The number of carbonyl (C=O) groups excluding carboxylic acids is 2. The standard InChI is InChI=1S/C7H14N2O2/c1-5(6(2)10)7(11)9-4-8-3/h5,8H,4H2,1-3H3,(H,9,11). The van der Waals surface area contributed by atoms with Gasteiger partial charge in [-0.2, -0.15) is 0 Å². The molecule has 1 unspecified atom stereocenters. The molecule has 0 spiro atoms. The van der Waals surface area contributed by atoms with E-state index in [1.807, 2.05) is 0 Å². The van der Waals surface area contributed by atoms with Gasteiger partial charge in [-0.3, -0.25) is 9.59 Å². The van der Waals surface area contributed by atoms with Crippen LogP contribution in [-0.2, 0) is 9.59 Å². The van der Waals surface area contributed by atoms with E-state index in [9.17, 15) is 9.59 Å². The fraction of sp³-hybridized carbons (Fsp3) is 0.714. The molecular weight excluding hydrogens is 144 g/mol. The Hall–Kier alpha value is -0.900. The summed E-state index contributed by atoms with van der Waals surface area (Å²) in [7, 11) is 1.72. The van der Waals surface area contributed by atoms with E-state index < -0.39 is 5.92 Å². The van der Waals surface area contributed by atoms with Crippen molar-refractivity contribution in [1.29, 1.82) is 0 Å². The Labute approximate surface area is 66.4 Å². The number of rotatable bonds is 4. The zero-order valence-corrected chi connectivity index (χ0v) is 7.10. The lowest BCUT2D eigenvalue weighted by Crippen LogP contribution is -2.37. The number of nitrogens with one attached hydrogen (secondary N) is 2. The van der Waals surface area contributed by atoms with Crippen LogP contribution in [0.4, 0.5) is 0 Å². The quantitative estimate of drug-likeness (QED) is 0.428. The number of hydrogen-bond donors (Lipinski definition) is 2. The molecule has 0 radical (unpaired) electrons. The molecule has 2 N–H and O–H groups in total. The van der Waals surface area contributed by atoms with Crippen molar-refractivity contribution in [3.63, 3.8) is 0 Å². The molecule has 11 heavy (non-hydrogen) atoms. The third kappa shape index (κ3) is 3.72. The van der Waals surface area contributed by atoms with Gasteiger partial charge in [0.1, 0.15) is 5.78 Å². The van der Waals surface area contributed by atoms with Crippen LogP contribution in [-0.4, -0.2) is 25.4 Å². The minimum atomic E-state index is -0.539. The van der Waals surface area contributed by atoms with Crippen LogP contribution in [0.2, 0.25) is 0 Å². The smallest absolute Gasteiger partial charge is 0.231 e. The Kier molecular flexibility index (Phi) is 4.45. The van der Waals surface area contributed by atoms with Crippen LogP contribution in [0, 0.1) is 5.92 Å². The molecule has 0 aromatic carbocycles. The average Bonchev–Trinajstić information content (AvgIpc) is 1.98. The second-order valence-electron chi connectivity index (χ2n) is 2.40. The molecule has 64 valence electrons. The highest BCUT2D eigenvalue weighted by molar-refractivity contribution is 5.99. The van der Waals surface area contributed by atoms with Crippen LogP contribution in [0.1, 0.15) is 13.8 Å². The summed E-state index contributed by atoms with van der Waals surface area (Å²) in [5.74, 6) is -0.881. The summed E-state index contributed by atoms with van der Waals surface area (Å²) in [4.78, 5) is 21.6. The maximum atomic E-state index is 11.0. The number of amides is 1. The molecule has 0 aliphatic rings. The summed E-state index contributed by atoms with van der Waals surface area (Å²) in [6.07, 6.45) is 0. The van der Waals surface area contributed by atoms with Crippen LogP contribution in [0.25, 0.3) is 0 Å². The fourth-order valence-electron chi connectivity index (χ4n) is 0.513. The molecule has 0 aromatic rings. The van der Waals surface area contributed by atoms with Crippen LogP contribution in [0.15, 0.2) is 0 Å². The molecule has 1 atom stereocenters. The Balaban J connectivity index is 3.74. The lowest BCUT2D eigenvalue weighted by molar-refractivity contribution is -0.132. The lowest BCUT2D eigenvalue weighted by Gasteiger charge is -2.07. The van der Waals surface area contributed by atoms with Gasteiger partial charge in [0, 0.05) is 0 Å². The van der Waals surface area contributed by atoms with Crippen molar-refractivity contribution in [2.24, 2.45) is 5.92 Å². The molecule has 0 heterocycles. The maximum Gasteiger partial charge on any atom is 0.231 e. The SMILES string of the molecule is CNCNC(=O)C(C)C(C)=O. The molecule has 1 amide bonds. The van der Waals surface area contributed by atoms with Crippen LogP contribution in [0.5, 0.6) is 0 Å². The van der Waals surface area contributed by atoms with Gasteiger partial charge in [0.05, 0.1) is 12.6 Å². The molecule has 0 aliphatic heterocycles. The van der Waals surface area contributed by atoms with Crippen molar-refractivity contribution in [3.8, 4) is 0 Å². The first-order valence-electron chi connectivity index (χ1n) is 3.52. The highest BCUT2D eigenvalue weighted by atomic mass is 16.2. The first-order chi connectivity index (χ1) is 5.09. The Bertz CT molecular complexity index is 157. The summed E-state index contributed by atoms with van der Waals surface area (Å²) in [5, 5.41) is 5.29. The third-order valence-corrected chi connectivity index (χ3v) is 1.44. The van der Waals surface area contributed by atoms with Crippen molar-refractivity contribution in [1.82, 2.24) is 10.6 Å². The van der Waals surface area contributed by atoms with E-state index in [1.165, 1.54) is 6.92 Å². The first-order valence-corrected chi connectivity index (χ1v) is 3.52. The summed E-state index contributed by atoms with van der Waals surface area (Å²) in [6, 6.07) is 0. The van der Waals surface area contributed by atoms with Gasteiger partial charge >= 0.3 is 0 Å². The van der Waals surface area contributed by atoms with Crippen LogP contribution >= 0.6 is 0 Å². The van der Waals surface area contributed by atoms with Crippen molar-refractivity contribution in [3.05, 3.63) is 0 Å². The molecule has 0 aliphatic carbocycles. The zero-order valence-electron chi connectivity index (χ0n) is 7.10. The predicted molar refractivity (Wildman–Crippen MR) is 41.9 cm³/mol. The van der Waals surface area contributed by atoms with Gasteiger partial charge in [-0.05, 0) is 20.9 Å². The summed E-state index contributed by atoms with van der Waals surface area (Å²) in [5.41, 5.74) is 0. The second-order valence-corrected chi connectivity index (χ2v) is 2.40. The number of carbonyl (C=O) groups is 2. The molecule has 0 rings (SSSR count). The van der Waals surface area contributed by atoms with E-state index in [2.05, 4.69) is 10.6 Å². The Morgan fingerprint density at radius 1 is 1.45 bits per heavy atom. The molecule has 0 bridgehead atoms. The minimum Gasteiger partial charge on any atom is -0.343 e. The Morgan fingerprint density at radius 3 is 2.36 bits per heavy atom. The van der Waals surface area contributed by atoms with Crippen molar-refractivity contribution < 1.29 is 9.59 Å². The van der Waals surface area contributed by atoms with Gasteiger partial charge in [0.25, 0.3) is 0 Å². The number of Topliss-reactive ketones (excluding diaryl/α,β-unsaturated/α-hetero) is 1. The fourth-order valence-corrected chi connectivity index (χ4v) is 0.513. The third-order valence-electron chi connectivity index (χ3n) is 1.44. The zero-order chi connectivity index (χ0) is 8.85. The molecular formula is C7H14N2O2. The van der Waals surface area contributed by atoms with Crippen molar-refractivity contribution >= 4 is 11.7 Å². The number of hydrogen-bond acceptors (Lipinski definition) is 3. The van der Waals surface area contributed by atoms with Gasteiger partial charge < -0.3 is 10.6 Å². The molecule has 4 heteroatoms. The van der Waals surface area contributed by atoms with Crippen LogP contribution in [0.3, 0.4) is 0 Å². The summed E-state index contributed by atoms with van der Waals surface area (Å²) >= 11 is 0. The van der Waals surface area contributed by atoms with Crippen LogP contribution < -0.4 is 10.6 Å². The van der Waals surface area contributed by atoms with E-state index in [0.717, 1.165) is 0 Å². The lowest BCUT2D eigenvalue weighted by atomic mass is 10.1. The van der Waals surface area contributed by atoms with Gasteiger partial charge in [-0.1, -0.05) is 0 Å². The predicted octanol–water partition coefficient (Wildman–Crippen LogP) is -0.495. The highest BCUT2D eigenvalue weighted by Gasteiger charge is 2.15. The topological polar surface area (TPSA) is 58.2 Å². The van der Waals surface area contributed by atoms with Gasteiger partial charge in [0.15, 0.2) is 0 Å². The van der Waals surface area contributed by atoms with E-state index in [0.29, 0.717) is 6.67 Å². The average molecular weight is 158 g/mol. The monoisotopic (exact) mass is 158 g/mol. The van der Waals surface area contributed by atoms with E-state index in [1.54, 1.807) is 14.0 Å². The summed E-state index contributed by atoms with van der Waals surface area (Å²) < 4.78 is 0. The first kappa shape index (κ1) is 10.1. The molecule has 0 aromatic heterocycles. The molecule has 0 saturated heterocycles. The normalized spacial score (nSPS) is 12.3. The van der Waals surface area contributed by atoms with E-state index in [4.69, 9.17) is 0 Å². The highest BCUT2D eigenvalue weighted by Crippen LogP contribution is 1.94. The van der Waals surface area contributed by atoms with Gasteiger partial charge in [-0.25, -0.2) is 0 Å². The van der Waals surface area contributed by atoms with Gasteiger partial charge in [-0.15, -0.1) is 0 Å². The summed E-state index contributed by atoms with van der Waals surface area (Å²) in [6.45, 7) is 3.40. The van der Waals surface area contributed by atoms with E-state index >= 15 is 0 Å². The number of ketones is 1. The minimum absolute atomic E-state index is 0.112. The van der Waals surface area contributed by atoms with Crippen molar-refractivity contribution in [2.45, 2.75) is 13.8 Å². The molecule has 0 fully saturated rings. The Morgan fingerprint density at radius 2 is 2.00 bits per heavy atom. The largest absolute Gasteiger partial charge is 0.343 e. The van der Waals surface area contributed by atoms with E-state index in [-0.39, 0.29) is 11.7 Å². The maximum absolute atomic E-state index is 11.0. The molecule has 4 nitrogen and oxygen atoms in total. The van der Waals surface area contributed by atoms with Crippen molar-refractivity contribution in [2.75, 3.05) is 13.7 Å². The second kappa shape index (κ2) is 4.85.